The summed E-state index contributed by atoms with van der Waals surface area (Å²) in [5, 5.41) is 21.3. The first-order valence-corrected chi connectivity index (χ1v) is 47.4. The third-order valence-corrected chi connectivity index (χ3v) is 21.6. The van der Waals surface area contributed by atoms with Crippen molar-refractivity contribution < 1.29 is 88.0 Å². The average molecular weight is 2060 g/mol. The number of halogens is 2. The largest absolute Gasteiger partial charge is 2.00 e. The molecule has 0 aliphatic carbocycles. The van der Waals surface area contributed by atoms with Gasteiger partial charge in [0.15, 0.2) is 0 Å². The summed E-state index contributed by atoms with van der Waals surface area (Å²) in [4.78, 5) is 24.3. The van der Waals surface area contributed by atoms with Crippen molar-refractivity contribution in [3.8, 4) is 28.7 Å². The number of carbonyl (C=O) groups is 1. The Hall–Kier alpha value is -12.5. The van der Waals surface area contributed by atoms with Crippen molar-refractivity contribution >= 4 is 176 Å². The van der Waals surface area contributed by atoms with E-state index in [1.807, 2.05) is 170 Å². The van der Waals surface area contributed by atoms with Gasteiger partial charge in [-0.05, 0) is 161 Å². The predicted octanol–water partition coefficient (Wildman–Crippen LogP) is 20.9. The first kappa shape index (κ1) is 131. The van der Waals surface area contributed by atoms with E-state index in [1.165, 1.54) is 82.7 Å². The molecule has 0 bridgehead atoms. The minimum absolute atomic E-state index is 0. The Labute approximate surface area is 942 Å². The van der Waals surface area contributed by atoms with Gasteiger partial charge in [0.05, 0.1) is 82.7 Å². The van der Waals surface area contributed by atoms with Crippen LogP contribution in [0.2, 0.25) is 0 Å². The number of rotatable bonds is 21. The minimum Gasteiger partial charge on any atom is -1.00 e. The van der Waals surface area contributed by atoms with Crippen LogP contribution in [-0.4, -0.2) is 124 Å². The smallest absolute Gasteiger partial charge is 1.00 e. The zero-order chi connectivity index (χ0) is 102. The Bertz CT molecular complexity index is 6580. The number of para-hydroxylation sites is 10. The van der Waals surface area contributed by atoms with E-state index in [-0.39, 0.29) is 110 Å². The summed E-state index contributed by atoms with van der Waals surface area (Å²) in [5.41, 5.74) is 18.9. The van der Waals surface area contributed by atoms with Crippen molar-refractivity contribution in [1.29, 1.82) is 0 Å². The second kappa shape index (κ2) is 75.3. The number of nitrogen functional groups attached to an aromatic ring is 1. The summed E-state index contributed by atoms with van der Waals surface area (Å²) in [5.74, 6) is 6.93. The molecular weight excluding hydrogens is 1930 g/mol. The fourth-order valence-electron chi connectivity index (χ4n) is 14.5. The zero-order valence-corrected chi connectivity index (χ0v) is 92.1. The van der Waals surface area contributed by atoms with Crippen LogP contribution >= 0.6 is 15.9 Å². The van der Waals surface area contributed by atoms with Gasteiger partial charge in [0, 0.05) is 62.7 Å². The first-order valence-electron chi connectivity index (χ1n) is 46.6. The minimum atomic E-state index is -0.0167. The number of benzene rings is 18. The quantitative estimate of drug-likeness (QED) is 0.0136. The van der Waals surface area contributed by atoms with Crippen LogP contribution in [0.4, 0.5) is 28.4 Å². The summed E-state index contributed by atoms with van der Waals surface area (Å²) in [6.07, 6.45) is 5.36. The van der Waals surface area contributed by atoms with Gasteiger partial charge in [0.2, 0.25) is 0 Å². The zero-order valence-electron chi connectivity index (χ0n) is 87.5. The predicted molar refractivity (Wildman–Crippen MR) is 625 cm³/mol. The van der Waals surface area contributed by atoms with Crippen molar-refractivity contribution in [2.75, 3.05) is 57.2 Å². The summed E-state index contributed by atoms with van der Waals surface area (Å²) in [6.45, 7) is 19.2. The number of fused-ring (bicyclic) bond motifs is 6. The molecule has 18 rings (SSSR count). The summed E-state index contributed by atoms with van der Waals surface area (Å²) < 4.78 is 27.8. The Kier molecular flexibility index (Phi) is 66.8. The maximum atomic E-state index is 10.0. The number of carbonyl (C=O) groups excluding carboxylic acids is 2. The summed E-state index contributed by atoms with van der Waals surface area (Å²) >= 11 is 3.62. The maximum absolute atomic E-state index is 10.0. The van der Waals surface area contributed by atoms with E-state index >= 15 is 0 Å². The number of nitrogens with one attached hydrogen (secondary N) is 3. The van der Waals surface area contributed by atoms with E-state index < -0.39 is 0 Å². The maximum Gasteiger partial charge on any atom is 2.00 e. The monoisotopic (exact) mass is 2060 g/mol. The van der Waals surface area contributed by atoms with Gasteiger partial charge < -0.3 is 79.0 Å². The molecule has 5 N–H and O–H groups in total. The van der Waals surface area contributed by atoms with E-state index in [2.05, 4.69) is 367 Å². The molecule has 3 unspecified atom stereocenters. The molecular formula is C124H127B6Br2Li2MgN5O7. The molecule has 726 valence electrons. The van der Waals surface area contributed by atoms with E-state index in [1.54, 1.807) is 84.3 Å². The molecule has 0 saturated heterocycles. The molecule has 18 aromatic carbocycles. The molecule has 0 spiro atoms. The van der Waals surface area contributed by atoms with Crippen LogP contribution in [0, 0.1) is 17.3 Å². The van der Waals surface area contributed by atoms with Gasteiger partial charge in [-0.25, -0.2) is 0 Å². The number of aldehydes is 1. The molecule has 3 atom stereocenters. The molecule has 0 heterocycles. The van der Waals surface area contributed by atoms with Crippen LogP contribution in [0.1, 0.15) is 130 Å². The Balaban J connectivity index is 0.000000572. The molecule has 147 heavy (non-hydrogen) atoms. The molecule has 0 aliphatic rings. The molecule has 0 amide bonds. The van der Waals surface area contributed by atoms with Crippen LogP contribution < -0.4 is 100 Å². The van der Waals surface area contributed by atoms with Gasteiger partial charge in [-0.3, -0.25) is 9.79 Å². The number of hydrogen-bond donors (Lipinski definition) is 4. The topological polar surface area (TPSA) is 155 Å². The SMILES string of the molecule is Brc1cc2ccccc2c2ccccc12.COc1ccccc1N.COc1ccccc1N=Cc1ccccc1.COc1ccccc1NC(Cc1ccccc1)c1ccccc1.COc1ccccc1NC(c1ccccc1)C(C)(C)C.COc1ccccc1NC(c1ccccc1)c1cc2ccccc2c2ccccc12.C[C-](C)C.C[C-](C)C.O=Cc1ccccc1.O=[C-]c1ccccc1.[B].[B][B].[B][B][B].[Br-].[Li+].[Li+].[Mg+2]. The number of nitrogens with two attached hydrogens (primary N) is 1. The van der Waals surface area contributed by atoms with Crippen molar-refractivity contribution in [2.24, 2.45) is 10.4 Å². The average Bonchev–Trinajstić information content (AvgIpc) is 0.760. The third-order valence-electron chi connectivity index (χ3n) is 20.9. The van der Waals surface area contributed by atoms with Gasteiger partial charge in [-0.15, -0.1) is 12.1 Å². The van der Waals surface area contributed by atoms with Crippen molar-refractivity contribution in [3.63, 3.8) is 0 Å². The van der Waals surface area contributed by atoms with Gasteiger partial charge in [-0.2, -0.15) is 59.2 Å². The fourth-order valence-corrected chi connectivity index (χ4v) is 15.1. The van der Waals surface area contributed by atoms with Crippen LogP contribution in [-0.2, 0) is 11.2 Å². The molecule has 0 fully saturated rings. The summed E-state index contributed by atoms with van der Waals surface area (Å²) in [7, 11) is 26.4. The van der Waals surface area contributed by atoms with E-state index in [9.17, 15) is 9.59 Å². The van der Waals surface area contributed by atoms with Crippen molar-refractivity contribution in [1.82, 2.24) is 0 Å². The number of aliphatic imine (C=N–C) groups is 1. The second-order valence-corrected chi connectivity index (χ2v) is 34.7. The fraction of sp³-hybridized carbons (Fsp3) is 0.153. The summed E-state index contributed by atoms with van der Waals surface area (Å²) in [6, 6.07) is 149. The third kappa shape index (κ3) is 46.2. The molecule has 0 saturated carbocycles. The molecule has 18 aromatic rings. The normalized spacial score (nSPS) is 10.4. The number of ether oxygens (including phenoxy) is 5. The Morgan fingerprint density at radius 1 is 0.395 bits per heavy atom. The van der Waals surface area contributed by atoms with Gasteiger partial charge in [0.25, 0.3) is 0 Å². The number of nitrogens with zero attached hydrogens (tertiary/aromatic N) is 1. The number of hydrogen-bond acceptors (Lipinski definition) is 12. The van der Waals surface area contributed by atoms with Crippen molar-refractivity contribution in [2.45, 2.75) is 86.9 Å². The van der Waals surface area contributed by atoms with Crippen LogP contribution in [0.25, 0.3) is 43.1 Å². The Morgan fingerprint density at radius 3 is 1.12 bits per heavy atom. The Morgan fingerprint density at radius 2 is 0.714 bits per heavy atom. The van der Waals surface area contributed by atoms with Crippen LogP contribution in [0.5, 0.6) is 28.7 Å². The van der Waals surface area contributed by atoms with E-state index in [0.717, 1.165) is 86.9 Å². The molecule has 12 radical (unpaired) electrons. The molecule has 12 nitrogen and oxygen atoms in total. The van der Waals surface area contributed by atoms with Gasteiger partial charge >= 0.3 is 60.8 Å². The van der Waals surface area contributed by atoms with E-state index in [0.29, 0.717) is 11.3 Å². The van der Waals surface area contributed by atoms with Crippen molar-refractivity contribution in [3.05, 3.63) is 504 Å². The van der Waals surface area contributed by atoms with Gasteiger partial charge in [0.1, 0.15) is 40.7 Å². The number of methoxy groups -OCH3 is 5. The first-order chi connectivity index (χ1) is 69.1. The molecule has 23 heteroatoms. The van der Waals surface area contributed by atoms with Crippen LogP contribution in [0.3, 0.4) is 0 Å². The molecule has 0 aliphatic heterocycles. The second-order valence-electron chi connectivity index (χ2n) is 33.9. The van der Waals surface area contributed by atoms with Crippen LogP contribution in [0.15, 0.2) is 452 Å². The van der Waals surface area contributed by atoms with Gasteiger partial charge in [-0.1, -0.05) is 382 Å². The standard InChI is InChI=1S/C28H23NO.C21H21NO.C18H23NO.C14H9Br.C14H13NO.C7H9NO.C7H6O.C7H5O.2C4H9.B3.B2.B.BrH.2Li.Mg/c1-30-27-18-10-9-17-26(27)29-28(20-11-3-2-4-12-20)25-19-21-13-5-6-14-22(21)23-15-7-8-16-24(23)25;1-23-21-15-9-8-14-19(21)22-20(18-12-6-3-7-13-18)16-17-10-4-2-5-11-17;1-18(2,3)17(14-10-6-5-7-11-14)19-15-12-8-9-13-16(15)20-4;15-14-9-10-5-1-2-6-11(10)12-7-3-4-8-13(12)14;1-16-14-10-6-5-9-13(14)15-11-12-7-3-2-4-8-12;1-9-7-5-3-2-4-6(7)8;2*8-6-7-4-2-1-3-5-7;2*1-4(2)3;1-3-2;1-2;;;;;/h2-19,28-29H,1H3;2-15,20,22H,16H2,1H3;5-13,17,19H,1-4H3;1-9H;2-11H,1H3;2-5H,8H2,1H3;1-6H;1-5H;2*1-3H3;;;;1H;;;/q;;;;;;;3*-1;;;;;2*+1;+2/p-1. The number of anilines is 4. The molecule has 0 aromatic heterocycles. The van der Waals surface area contributed by atoms with E-state index in [4.69, 9.17) is 29.4 Å².